The molecule has 0 spiro atoms. The highest BCUT2D eigenvalue weighted by Gasteiger charge is 1.96. The highest BCUT2D eigenvalue weighted by Crippen LogP contribution is 2.12. The van der Waals surface area contributed by atoms with Crippen LogP contribution in [0.1, 0.15) is 25.8 Å². The van der Waals surface area contributed by atoms with Gasteiger partial charge in [-0.3, -0.25) is 4.99 Å². The number of hydrogen-bond acceptors (Lipinski definition) is 1. The van der Waals surface area contributed by atoms with Gasteiger partial charge in [-0.05, 0) is 44.4 Å². The number of aryl methyl sites for hydroxylation is 1. The molecule has 0 atom stereocenters. The predicted octanol–water partition coefficient (Wildman–Crippen LogP) is 3.57. The van der Waals surface area contributed by atoms with E-state index in [2.05, 4.69) is 69.7 Å². The van der Waals surface area contributed by atoms with Crippen LogP contribution >= 0.6 is 39.9 Å². The fraction of sp³-hybridized carbons (Fsp3) is 0.500. The van der Waals surface area contributed by atoms with Gasteiger partial charge in [-0.15, -0.1) is 24.0 Å². The van der Waals surface area contributed by atoms with E-state index >= 15 is 0 Å². The van der Waals surface area contributed by atoms with Gasteiger partial charge in [0.1, 0.15) is 0 Å². The summed E-state index contributed by atoms with van der Waals surface area (Å²) in [4.78, 5) is 4.52. The van der Waals surface area contributed by atoms with Crippen molar-refractivity contribution in [2.45, 2.75) is 26.7 Å². The first-order valence-electron chi connectivity index (χ1n) is 6.53. The minimum Gasteiger partial charge on any atom is -0.357 e. The van der Waals surface area contributed by atoms with Crippen molar-refractivity contribution in [1.29, 1.82) is 0 Å². The van der Waals surface area contributed by atoms with Gasteiger partial charge in [0.2, 0.25) is 0 Å². The maximum Gasteiger partial charge on any atom is 0.191 e. The molecule has 0 aliphatic carbocycles. The Morgan fingerprint density at radius 1 is 1.21 bits per heavy atom. The van der Waals surface area contributed by atoms with E-state index in [9.17, 15) is 0 Å². The van der Waals surface area contributed by atoms with Crippen LogP contribution in [0.5, 0.6) is 0 Å². The minimum absolute atomic E-state index is 0. The van der Waals surface area contributed by atoms with E-state index in [0.29, 0.717) is 0 Å². The van der Waals surface area contributed by atoms with E-state index in [1.165, 1.54) is 5.56 Å². The third-order valence-corrected chi connectivity index (χ3v) is 2.96. The molecule has 0 radical (unpaired) electrons. The number of nitrogens with zero attached hydrogens (tertiary/aromatic N) is 1. The Morgan fingerprint density at radius 2 is 1.89 bits per heavy atom. The summed E-state index contributed by atoms with van der Waals surface area (Å²) in [5.74, 6) is 0.911. The number of halogens is 2. The smallest absolute Gasteiger partial charge is 0.191 e. The zero-order chi connectivity index (χ0) is 13.2. The normalized spacial score (nSPS) is 9.42. The molecule has 0 unspecified atom stereocenters. The lowest BCUT2D eigenvalue weighted by Gasteiger charge is -2.08. The SMILES string of the molecule is CCNC(=NCCCc1cccc(Br)c1)NCC.I. The summed E-state index contributed by atoms with van der Waals surface area (Å²) in [5, 5.41) is 6.45. The number of hydrogen-bond donors (Lipinski definition) is 2. The number of benzene rings is 1. The second-order valence-electron chi connectivity index (χ2n) is 4.02. The van der Waals surface area contributed by atoms with Crippen molar-refractivity contribution in [1.82, 2.24) is 10.6 Å². The maximum absolute atomic E-state index is 4.52. The Bertz CT molecular complexity index is 375. The summed E-state index contributed by atoms with van der Waals surface area (Å²) >= 11 is 3.49. The van der Waals surface area contributed by atoms with Crippen LogP contribution in [0.3, 0.4) is 0 Å². The lowest BCUT2D eigenvalue weighted by molar-refractivity contribution is 0.795. The lowest BCUT2D eigenvalue weighted by atomic mass is 10.1. The first kappa shape index (κ1) is 18.7. The monoisotopic (exact) mass is 439 g/mol. The maximum atomic E-state index is 4.52. The molecule has 0 amide bonds. The van der Waals surface area contributed by atoms with Crippen molar-refractivity contribution < 1.29 is 0 Å². The summed E-state index contributed by atoms with van der Waals surface area (Å²) < 4.78 is 1.14. The Labute approximate surface area is 141 Å². The zero-order valence-corrected chi connectivity index (χ0v) is 15.5. The topological polar surface area (TPSA) is 36.4 Å². The number of nitrogens with one attached hydrogen (secondary N) is 2. The quantitative estimate of drug-likeness (QED) is 0.307. The molecule has 0 saturated carbocycles. The molecular weight excluding hydrogens is 417 g/mol. The van der Waals surface area contributed by atoms with Crippen LogP contribution in [0, 0.1) is 0 Å². The van der Waals surface area contributed by atoms with E-state index in [-0.39, 0.29) is 24.0 Å². The fourth-order valence-electron chi connectivity index (χ4n) is 1.68. The molecule has 0 aliphatic heterocycles. The fourth-order valence-corrected chi connectivity index (χ4v) is 2.12. The van der Waals surface area contributed by atoms with E-state index in [1.54, 1.807) is 0 Å². The van der Waals surface area contributed by atoms with E-state index < -0.39 is 0 Å². The molecule has 2 N–H and O–H groups in total. The van der Waals surface area contributed by atoms with Crippen molar-refractivity contribution in [2.75, 3.05) is 19.6 Å². The number of aliphatic imine (C=N–C) groups is 1. The van der Waals surface area contributed by atoms with Crippen LogP contribution in [0.25, 0.3) is 0 Å². The summed E-state index contributed by atoms with van der Waals surface area (Å²) in [7, 11) is 0. The molecule has 1 aromatic rings. The third kappa shape index (κ3) is 8.47. The van der Waals surface area contributed by atoms with Gasteiger partial charge in [-0.1, -0.05) is 28.1 Å². The molecule has 0 bridgehead atoms. The molecular formula is C14H23BrIN3. The van der Waals surface area contributed by atoms with E-state index in [4.69, 9.17) is 0 Å². The van der Waals surface area contributed by atoms with Crippen molar-refractivity contribution in [3.8, 4) is 0 Å². The summed E-state index contributed by atoms with van der Waals surface area (Å²) in [6.07, 6.45) is 2.13. The van der Waals surface area contributed by atoms with Crippen molar-refractivity contribution in [3.63, 3.8) is 0 Å². The molecule has 1 aromatic carbocycles. The molecule has 5 heteroatoms. The molecule has 0 saturated heterocycles. The Kier molecular flexibility index (Phi) is 11.3. The van der Waals surface area contributed by atoms with Crippen LogP contribution in [0.2, 0.25) is 0 Å². The molecule has 3 nitrogen and oxygen atoms in total. The second-order valence-corrected chi connectivity index (χ2v) is 4.94. The van der Waals surface area contributed by atoms with Gasteiger partial charge in [0.15, 0.2) is 5.96 Å². The van der Waals surface area contributed by atoms with Crippen molar-refractivity contribution in [3.05, 3.63) is 34.3 Å². The van der Waals surface area contributed by atoms with Crippen LogP contribution in [0.4, 0.5) is 0 Å². The first-order chi connectivity index (χ1) is 8.76. The molecule has 1 rings (SSSR count). The van der Waals surface area contributed by atoms with Gasteiger partial charge in [-0.25, -0.2) is 0 Å². The van der Waals surface area contributed by atoms with Gasteiger partial charge < -0.3 is 10.6 Å². The molecule has 0 aromatic heterocycles. The van der Waals surface area contributed by atoms with Gasteiger partial charge in [0.05, 0.1) is 0 Å². The van der Waals surface area contributed by atoms with Gasteiger partial charge in [0.25, 0.3) is 0 Å². The van der Waals surface area contributed by atoms with E-state index in [1.807, 2.05) is 0 Å². The Balaban J connectivity index is 0.00000324. The second kappa shape index (κ2) is 11.5. The van der Waals surface area contributed by atoms with Gasteiger partial charge in [-0.2, -0.15) is 0 Å². The van der Waals surface area contributed by atoms with Gasteiger partial charge >= 0.3 is 0 Å². The first-order valence-corrected chi connectivity index (χ1v) is 7.32. The van der Waals surface area contributed by atoms with E-state index in [0.717, 1.165) is 42.9 Å². The molecule has 19 heavy (non-hydrogen) atoms. The third-order valence-electron chi connectivity index (χ3n) is 2.47. The summed E-state index contributed by atoms with van der Waals surface area (Å²) in [6.45, 7) is 6.81. The van der Waals surface area contributed by atoms with Crippen molar-refractivity contribution in [2.24, 2.45) is 4.99 Å². The van der Waals surface area contributed by atoms with Gasteiger partial charge in [0, 0.05) is 24.1 Å². The predicted molar refractivity (Wildman–Crippen MR) is 97.5 cm³/mol. The molecule has 108 valence electrons. The standard InChI is InChI=1S/C14H22BrN3.HI/c1-3-16-14(17-4-2)18-10-6-8-12-7-5-9-13(15)11-12;/h5,7,9,11H,3-4,6,8,10H2,1-2H3,(H2,16,17,18);1H. The molecule has 0 fully saturated rings. The number of rotatable bonds is 6. The van der Waals surface area contributed by atoms with Crippen LogP contribution in [-0.4, -0.2) is 25.6 Å². The van der Waals surface area contributed by atoms with Crippen LogP contribution < -0.4 is 10.6 Å². The van der Waals surface area contributed by atoms with Crippen LogP contribution in [-0.2, 0) is 6.42 Å². The Hall–Kier alpha value is -0.300. The minimum atomic E-state index is 0. The zero-order valence-electron chi connectivity index (χ0n) is 11.6. The average Bonchev–Trinajstić information content (AvgIpc) is 2.35. The molecule has 0 heterocycles. The molecule has 0 aliphatic rings. The number of guanidine groups is 1. The summed E-state index contributed by atoms with van der Waals surface area (Å²) in [6, 6.07) is 8.45. The summed E-state index contributed by atoms with van der Waals surface area (Å²) in [5.41, 5.74) is 1.35. The largest absolute Gasteiger partial charge is 0.357 e. The van der Waals surface area contributed by atoms with Crippen LogP contribution in [0.15, 0.2) is 33.7 Å². The van der Waals surface area contributed by atoms with Crippen molar-refractivity contribution >= 4 is 45.9 Å². The highest BCUT2D eigenvalue weighted by atomic mass is 127. The highest BCUT2D eigenvalue weighted by molar-refractivity contribution is 14.0. The average molecular weight is 440 g/mol. The lowest BCUT2D eigenvalue weighted by Crippen LogP contribution is -2.37. The Morgan fingerprint density at radius 3 is 2.47 bits per heavy atom.